The molecule has 0 aromatic carbocycles. The van der Waals surface area contributed by atoms with Gasteiger partial charge in [-0.05, 0) is 106 Å². The molecule has 5 fully saturated rings. The van der Waals surface area contributed by atoms with Crippen LogP contribution in [0.1, 0.15) is 132 Å². The summed E-state index contributed by atoms with van der Waals surface area (Å²) < 4.78 is 24.9. The summed E-state index contributed by atoms with van der Waals surface area (Å²) in [5.41, 5.74) is 0.646. The van der Waals surface area contributed by atoms with E-state index >= 15 is 0 Å². The van der Waals surface area contributed by atoms with E-state index in [1.807, 2.05) is 0 Å². The van der Waals surface area contributed by atoms with Crippen LogP contribution in [-0.4, -0.2) is 93.6 Å². The summed E-state index contributed by atoms with van der Waals surface area (Å²) in [6.07, 6.45) is 15.8. The Hall–Kier alpha value is -1.06. The number of allylic oxidation sites excluding steroid dienone is 1. The third kappa shape index (κ3) is 7.32. The Morgan fingerprint density at radius 2 is 1.50 bits per heavy atom. The molecule has 0 radical (unpaired) electrons. The van der Waals surface area contributed by atoms with E-state index in [4.69, 9.17) is 25.4 Å². The van der Waals surface area contributed by atoms with Crippen LogP contribution >= 0.6 is 0 Å². The Kier molecular flexibility index (Phi) is 11.8. The number of rotatable bonds is 11. The number of ether oxygens (including phenoxy) is 4. The molecule has 2 aliphatic heterocycles. The van der Waals surface area contributed by atoms with Gasteiger partial charge in [0.15, 0.2) is 12.6 Å². The molecular weight excluding hydrogens is 660 g/mol. The Labute approximate surface area is 313 Å². The molecule has 2 saturated heterocycles. The van der Waals surface area contributed by atoms with Gasteiger partial charge in [-0.25, -0.2) is 0 Å². The van der Waals surface area contributed by atoms with Crippen molar-refractivity contribution in [2.75, 3.05) is 13.2 Å². The van der Waals surface area contributed by atoms with Crippen LogP contribution in [0.3, 0.4) is 0 Å². The number of hydrogen-bond acceptors (Lipinski definition) is 9. The third-order valence-corrected chi connectivity index (χ3v) is 15.8. The first kappa shape index (κ1) is 40.6. The maximum atomic E-state index is 11.2. The molecule has 5 N–H and O–H groups in total. The molecule has 0 bridgehead atoms. The van der Waals surface area contributed by atoms with E-state index in [1.165, 1.54) is 12.0 Å². The van der Waals surface area contributed by atoms with E-state index in [0.29, 0.717) is 49.9 Å². The molecular formula is C43H70O9. The predicted octanol–water partition coefficient (Wildman–Crippen LogP) is 5.88. The second kappa shape index (κ2) is 15.1. The maximum absolute atomic E-state index is 11.2. The molecule has 3 saturated carbocycles. The van der Waals surface area contributed by atoms with Crippen molar-refractivity contribution in [2.45, 2.75) is 187 Å². The summed E-state index contributed by atoms with van der Waals surface area (Å²) in [4.78, 5) is 0. The number of aliphatic hydroxyl groups is 5. The predicted molar refractivity (Wildman–Crippen MR) is 199 cm³/mol. The molecule has 0 amide bonds. The minimum atomic E-state index is -1.13. The molecule has 2 heterocycles. The average molecular weight is 731 g/mol. The van der Waals surface area contributed by atoms with E-state index in [1.54, 1.807) is 13.8 Å². The molecule has 15 atom stereocenters. The second-order valence-electron chi connectivity index (χ2n) is 19.5. The number of hydrogen-bond donors (Lipinski definition) is 5. The first-order chi connectivity index (χ1) is 24.4. The van der Waals surface area contributed by atoms with Gasteiger partial charge >= 0.3 is 0 Å². The largest absolute Gasteiger partial charge is 0.394 e. The molecule has 296 valence electrons. The minimum absolute atomic E-state index is 0.0102. The van der Waals surface area contributed by atoms with Crippen LogP contribution in [0.2, 0.25) is 0 Å². The fraction of sp³-hybridized carbons (Fsp3) is 0.907. The lowest BCUT2D eigenvalue weighted by Crippen LogP contribution is -2.59. The van der Waals surface area contributed by atoms with Gasteiger partial charge in [0, 0.05) is 37.0 Å². The van der Waals surface area contributed by atoms with Gasteiger partial charge in [-0.1, -0.05) is 46.3 Å². The molecule has 0 aromatic rings. The quantitative estimate of drug-likeness (QED) is 0.130. The normalized spacial score (nSPS) is 45.9. The van der Waals surface area contributed by atoms with E-state index in [-0.39, 0.29) is 53.0 Å². The van der Waals surface area contributed by atoms with Crippen molar-refractivity contribution in [3.63, 3.8) is 0 Å². The lowest BCUT2D eigenvalue weighted by atomic mass is 9.39. The standard InChI is InChI=1S/C43H70O9/c1-9-26(10-14-36(40(4,5)48)52-38-23-28(47)21-30(25-45)50-38)31-16-17-43(8)34-13-11-32-33(41(34,6)18-19-42(31,43)7)12-15-35(39(32,2)3)51-37-22-27(46)20-29(24-44)49-37/h1,11,26-31,33-38,44-48H,10,12-25H2,2-8H3/t26-,27+,28+,29+,30+,31?,33?,34?,35+,36-,37+,38+,41+,42-,43+/m1/s1. The zero-order chi connectivity index (χ0) is 37.9. The Morgan fingerprint density at radius 3 is 2.12 bits per heavy atom. The van der Waals surface area contributed by atoms with Crippen molar-refractivity contribution in [3.8, 4) is 12.3 Å². The Morgan fingerprint density at radius 1 is 0.865 bits per heavy atom. The van der Waals surface area contributed by atoms with Gasteiger partial charge in [0.25, 0.3) is 0 Å². The third-order valence-electron chi connectivity index (χ3n) is 15.8. The van der Waals surface area contributed by atoms with E-state index in [0.717, 1.165) is 44.9 Å². The highest BCUT2D eigenvalue weighted by Gasteiger charge is 2.67. The highest BCUT2D eigenvalue weighted by atomic mass is 16.7. The lowest BCUT2D eigenvalue weighted by Gasteiger charge is -2.66. The zero-order valence-corrected chi connectivity index (χ0v) is 33.1. The van der Waals surface area contributed by atoms with Crippen molar-refractivity contribution < 1.29 is 44.5 Å². The van der Waals surface area contributed by atoms with E-state index in [9.17, 15) is 25.5 Å². The minimum Gasteiger partial charge on any atom is -0.394 e. The van der Waals surface area contributed by atoms with Crippen LogP contribution < -0.4 is 0 Å². The van der Waals surface area contributed by atoms with Crippen molar-refractivity contribution >= 4 is 0 Å². The average Bonchev–Trinajstić information content (AvgIpc) is 3.35. The summed E-state index contributed by atoms with van der Waals surface area (Å²) in [5, 5.41) is 51.3. The van der Waals surface area contributed by atoms with Crippen molar-refractivity contribution in [2.24, 2.45) is 45.3 Å². The van der Waals surface area contributed by atoms with Crippen LogP contribution in [0, 0.1) is 57.7 Å². The van der Waals surface area contributed by atoms with Crippen molar-refractivity contribution in [1.82, 2.24) is 0 Å². The van der Waals surface area contributed by atoms with Crippen molar-refractivity contribution in [3.05, 3.63) is 11.6 Å². The van der Waals surface area contributed by atoms with Crippen LogP contribution in [0.4, 0.5) is 0 Å². The topological polar surface area (TPSA) is 138 Å². The van der Waals surface area contributed by atoms with Crippen LogP contribution in [0.15, 0.2) is 11.6 Å². The van der Waals surface area contributed by atoms with Gasteiger partial charge in [0.2, 0.25) is 0 Å². The smallest absolute Gasteiger partial charge is 0.161 e. The van der Waals surface area contributed by atoms with E-state index < -0.39 is 42.6 Å². The summed E-state index contributed by atoms with van der Waals surface area (Å²) >= 11 is 0. The molecule has 3 unspecified atom stereocenters. The fourth-order valence-corrected chi connectivity index (χ4v) is 12.6. The summed E-state index contributed by atoms with van der Waals surface area (Å²) in [5.74, 6) is 4.70. The number of aliphatic hydroxyl groups excluding tert-OH is 4. The number of terminal acetylenes is 1. The monoisotopic (exact) mass is 731 g/mol. The molecule has 6 aliphatic rings. The molecule has 0 spiro atoms. The highest BCUT2D eigenvalue weighted by Crippen LogP contribution is 2.75. The fourth-order valence-electron chi connectivity index (χ4n) is 12.6. The summed E-state index contributed by atoms with van der Waals surface area (Å²) in [7, 11) is 0. The molecule has 52 heavy (non-hydrogen) atoms. The molecule has 6 rings (SSSR count). The summed E-state index contributed by atoms with van der Waals surface area (Å²) in [6.45, 7) is 15.6. The maximum Gasteiger partial charge on any atom is 0.161 e. The van der Waals surface area contributed by atoms with Crippen molar-refractivity contribution in [1.29, 1.82) is 0 Å². The number of fused-ring (bicyclic) bond motifs is 5. The summed E-state index contributed by atoms with van der Waals surface area (Å²) in [6, 6.07) is 0. The van der Waals surface area contributed by atoms with Crippen LogP contribution in [-0.2, 0) is 18.9 Å². The van der Waals surface area contributed by atoms with Gasteiger partial charge in [-0.3, -0.25) is 0 Å². The van der Waals surface area contributed by atoms with Gasteiger partial charge in [0.1, 0.15) is 0 Å². The van der Waals surface area contributed by atoms with Gasteiger partial charge in [0.05, 0.1) is 55.4 Å². The van der Waals surface area contributed by atoms with Crippen LogP contribution in [0.25, 0.3) is 0 Å². The molecule has 4 aliphatic carbocycles. The first-order valence-electron chi connectivity index (χ1n) is 20.5. The molecule has 9 heteroatoms. The van der Waals surface area contributed by atoms with E-state index in [2.05, 4.69) is 46.6 Å². The SMILES string of the molecule is C#C[C@H](CC[C@@H](O[C@H]1C[C@@H](O)C[C@@H](CO)O1)C(C)(C)O)C1CC[C@@]2(C)C3CC=C4C(CC[C@H](O[C@H]5C[C@@H](O)C[C@@H](CO)O5)C4(C)C)[C@]3(C)CC[C@]12C. The van der Waals surface area contributed by atoms with Crippen LogP contribution in [0.5, 0.6) is 0 Å². The van der Waals surface area contributed by atoms with Gasteiger partial charge < -0.3 is 44.5 Å². The Balaban J connectivity index is 1.16. The molecule has 9 nitrogen and oxygen atoms in total. The molecule has 0 aromatic heterocycles. The Bertz CT molecular complexity index is 1320. The zero-order valence-electron chi connectivity index (χ0n) is 33.1. The van der Waals surface area contributed by atoms with Gasteiger partial charge in [-0.2, -0.15) is 0 Å². The van der Waals surface area contributed by atoms with Gasteiger partial charge in [-0.15, -0.1) is 12.3 Å². The second-order valence-corrected chi connectivity index (χ2v) is 19.5. The lowest BCUT2D eigenvalue weighted by molar-refractivity contribution is -0.261. The first-order valence-corrected chi connectivity index (χ1v) is 20.5. The highest BCUT2D eigenvalue weighted by molar-refractivity contribution is 5.30.